The van der Waals surface area contributed by atoms with E-state index in [1.54, 1.807) is 24.4 Å². The first-order valence-electron chi connectivity index (χ1n) is 13.5. The number of hydrazine groups is 1. The summed E-state index contributed by atoms with van der Waals surface area (Å²) in [6.07, 6.45) is 10.1. The molecule has 6 nitrogen and oxygen atoms in total. The minimum atomic E-state index is -0.378. The number of hydrogen-bond donors (Lipinski definition) is 4. The van der Waals surface area contributed by atoms with Crippen LogP contribution >= 0.6 is 22.9 Å². The number of nitrogens with two attached hydrogens (primary N) is 3. The van der Waals surface area contributed by atoms with E-state index >= 15 is 0 Å². The normalized spacial score (nSPS) is 12.7. The molecular weight excluding hydrogens is 545 g/mol. The van der Waals surface area contributed by atoms with E-state index in [-0.39, 0.29) is 16.6 Å². The molecule has 1 aliphatic rings. The first-order valence-corrected chi connectivity index (χ1v) is 14.7. The predicted molar refractivity (Wildman–Crippen MR) is 170 cm³/mol. The number of nitrogens with zero attached hydrogens (tertiary/aromatic N) is 1. The summed E-state index contributed by atoms with van der Waals surface area (Å²) in [5.74, 6) is 6.52. The topological polar surface area (TPSA) is 120 Å². The van der Waals surface area contributed by atoms with Crippen molar-refractivity contribution in [3.8, 4) is 11.1 Å². The Morgan fingerprint density at radius 1 is 1.10 bits per heavy atom. The third-order valence-corrected chi connectivity index (χ3v) is 8.33. The van der Waals surface area contributed by atoms with E-state index in [4.69, 9.17) is 23.2 Å². The van der Waals surface area contributed by atoms with Gasteiger partial charge >= 0.3 is 0 Å². The number of benzene rings is 2. The average molecular weight is 586 g/mol. The van der Waals surface area contributed by atoms with E-state index in [1.165, 1.54) is 69.0 Å². The molecule has 0 unspecified atom stereocenters. The predicted octanol–water partition coefficient (Wildman–Crippen LogP) is 8.24. The summed E-state index contributed by atoms with van der Waals surface area (Å²) in [4.78, 5) is 15.7. The molecule has 5 rings (SSSR count). The van der Waals surface area contributed by atoms with Crippen LogP contribution in [0.25, 0.3) is 21.2 Å². The number of pyridine rings is 1. The van der Waals surface area contributed by atoms with Crippen LogP contribution in [0, 0.1) is 11.7 Å². The van der Waals surface area contributed by atoms with E-state index < -0.39 is 0 Å². The number of nitrogen functional groups attached to an aromatic ring is 2. The summed E-state index contributed by atoms with van der Waals surface area (Å²) in [5, 5.41) is 0.583. The summed E-state index contributed by atoms with van der Waals surface area (Å²) < 4.78 is 14.0. The molecule has 4 aromatic rings. The molecule has 0 spiro atoms. The van der Waals surface area contributed by atoms with E-state index in [0.717, 1.165) is 29.2 Å². The number of rotatable bonds is 4. The van der Waals surface area contributed by atoms with Crippen molar-refractivity contribution in [1.29, 1.82) is 0 Å². The third-order valence-electron chi connectivity index (χ3n) is 6.58. The number of carbonyl (C=O) groups excluding carboxylic acids is 1. The average Bonchev–Trinajstić information content (AvgIpc) is 3.33. The highest BCUT2D eigenvalue weighted by Crippen LogP contribution is 2.37. The highest BCUT2D eigenvalue weighted by atomic mass is 35.5. The Bertz CT molecular complexity index is 1350. The second-order valence-electron chi connectivity index (χ2n) is 9.50. The number of hydrogen-bond acceptors (Lipinski definition) is 7. The van der Waals surface area contributed by atoms with E-state index in [0.29, 0.717) is 20.8 Å². The van der Waals surface area contributed by atoms with Crippen molar-refractivity contribution < 1.29 is 9.18 Å². The molecule has 216 valence electrons. The molecule has 0 amide bonds. The number of thiophene rings is 1. The van der Waals surface area contributed by atoms with Gasteiger partial charge in [0.25, 0.3) is 0 Å². The van der Waals surface area contributed by atoms with Crippen molar-refractivity contribution in [3.63, 3.8) is 0 Å². The number of ketones is 1. The Hall–Kier alpha value is -3.04. The molecule has 2 aromatic heterocycles. The van der Waals surface area contributed by atoms with Gasteiger partial charge in [0.2, 0.25) is 0 Å². The van der Waals surface area contributed by atoms with Gasteiger partial charge in [-0.05, 0) is 66.9 Å². The maximum atomic E-state index is 13.3. The minimum Gasteiger partial charge on any atom is -0.384 e. The first kappa shape index (κ1) is 33.2. The fraction of sp³-hybridized carbons (Fsp3) is 0.355. The lowest BCUT2D eigenvalue weighted by Gasteiger charge is -2.15. The van der Waals surface area contributed by atoms with Gasteiger partial charge < -0.3 is 16.9 Å². The summed E-state index contributed by atoms with van der Waals surface area (Å²) >= 11 is 7.13. The maximum Gasteiger partial charge on any atom is 0.171 e. The fourth-order valence-corrected chi connectivity index (χ4v) is 5.89. The third kappa shape index (κ3) is 9.27. The Labute approximate surface area is 246 Å². The van der Waals surface area contributed by atoms with Crippen molar-refractivity contribution in [2.45, 2.75) is 59.3 Å². The van der Waals surface area contributed by atoms with Gasteiger partial charge in [0.1, 0.15) is 11.6 Å². The van der Waals surface area contributed by atoms with E-state index in [1.807, 2.05) is 18.2 Å². The number of fused-ring (bicyclic) bond motifs is 1. The Morgan fingerprint density at radius 3 is 2.27 bits per heavy atom. The summed E-state index contributed by atoms with van der Waals surface area (Å²) in [7, 11) is 1.50. The van der Waals surface area contributed by atoms with Gasteiger partial charge in [-0.15, -0.1) is 11.3 Å². The van der Waals surface area contributed by atoms with Crippen LogP contribution in [0.15, 0.2) is 54.7 Å². The number of Topliss-reactive ketones (excluding diaryl/α,β-unsaturated/α-hetero) is 1. The number of nitrogens with one attached hydrogen (secondary N) is 1. The van der Waals surface area contributed by atoms with Crippen LogP contribution < -0.4 is 22.7 Å². The molecule has 0 aliphatic heterocycles. The lowest BCUT2D eigenvalue weighted by atomic mass is 9.91. The van der Waals surface area contributed by atoms with Crippen LogP contribution in [0.1, 0.15) is 68.1 Å². The van der Waals surface area contributed by atoms with E-state index in [9.17, 15) is 9.18 Å². The Balaban J connectivity index is 0.000000218. The largest absolute Gasteiger partial charge is 0.384 e. The van der Waals surface area contributed by atoms with Gasteiger partial charge in [0, 0.05) is 28.8 Å². The molecule has 9 heteroatoms. The number of aromatic nitrogens is 1. The van der Waals surface area contributed by atoms with Crippen LogP contribution in [0.3, 0.4) is 0 Å². The monoisotopic (exact) mass is 585 g/mol. The van der Waals surface area contributed by atoms with Crippen molar-refractivity contribution >= 4 is 50.3 Å². The van der Waals surface area contributed by atoms with Crippen molar-refractivity contribution in [3.05, 3.63) is 76.0 Å². The quantitative estimate of drug-likeness (QED) is 0.109. The Morgan fingerprint density at radius 2 is 1.77 bits per heavy atom. The van der Waals surface area contributed by atoms with Crippen LogP contribution in [0.4, 0.5) is 15.9 Å². The Kier molecular flexibility index (Phi) is 14.0. The zero-order valence-electron chi connectivity index (χ0n) is 23.8. The summed E-state index contributed by atoms with van der Waals surface area (Å²) in [5.41, 5.74) is 17.1. The molecule has 1 saturated carbocycles. The summed E-state index contributed by atoms with van der Waals surface area (Å²) in [6.45, 7) is 5.88. The zero-order chi connectivity index (χ0) is 29.7. The van der Waals surface area contributed by atoms with Gasteiger partial charge in [0.05, 0.1) is 15.6 Å². The highest BCUT2D eigenvalue weighted by Gasteiger charge is 2.16. The first-order chi connectivity index (χ1) is 19.2. The molecule has 0 atom stereocenters. The zero-order valence-corrected chi connectivity index (χ0v) is 25.3. The van der Waals surface area contributed by atoms with Gasteiger partial charge in [-0.25, -0.2) is 9.37 Å². The SMILES string of the molecule is CC(=O)c1sc2cccc(F)c2c1Cl.CC1CCCCC1.CCc1cc(-c2ccc(N)nc2)ccc1NN.CN. The van der Waals surface area contributed by atoms with Gasteiger partial charge in [0.15, 0.2) is 5.78 Å². The van der Waals surface area contributed by atoms with Gasteiger partial charge in [-0.2, -0.15) is 0 Å². The van der Waals surface area contributed by atoms with Crippen LogP contribution in [0.2, 0.25) is 5.02 Å². The second-order valence-corrected chi connectivity index (χ2v) is 10.9. The standard InChI is InChI=1S/C13H16N4.C10H6ClFOS.C7H14.CH5N/c1-2-9-7-10(3-5-12(9)17-15)11-4-6-13(14)16-8-11;1-5(13)10-9(11)8-6(12)3-2-4-7(8)14-10;1-7-5-3-2-4-6-7;1-2/h3-8,17H,2,15H2,1H3,(H2,14,16);2-4H,1H3;7H,2-6H2,1H3;2H2,1H3. The molecule has 0 bridgehead atoms. The van der Waals surface area contributed by atoms with Crippen molar-refractivity contribution in [1.82, 2.24) is 4.98 Å². The number of carbonyl (C=O) groups is 1. The van der Waals surface area contributed by atoms with Crippen LogP contribution in [0.5, 0.6) is 0 Å². The lowest BCUT2D eigenvalue weighted by molar-refractivity contribution is 0.102. The summed E-state index contributed by atoms with van der Waals surface area (Å²) in [6, 6.07) is 14.6. The number of anilines is 2. The number of halogens is 2. The molecule has 0 saturated heterocycles. The highest BCUT2D eigenvalue weighted by molar-refractivity contribution is 7.21. The molecular formula is C31H41ClFN5OS. The molecule has 1 fully saturated rings. The molecule has 2 aromatic carbocycles. The smallest absolute Gasteiger partial charge is 0.171 e. The number of aryl methyl sites for hydroxylation is 1. The molecule has 40 heavy (non-hydrogen) atoms. The molecule has 2 heterocycles. The molecule has 1 aliphatic carbocycles. The lowest BCUT2D eigenvalue weighted by Crippen LogP contribution is -2.08. The van der Waals surface area contributed by atoms with Crippen LogP contribution in [-0.4, -0.2) is 17.8 Å². The van der Waals surface area contributed by atoms with Crippen LogP contribution in [-0.2, 0) is 6.42 Å². The molecule has 7 N–H and O–H groups in total. The molecule has 0 radical (unpaired) electrons. The maximum absolute atomic E-state index is 13.3. The second kappa shape index (κ2) is 16.9. The minimum absolute atomic E-state index is 0.129. The fourth-order valence-electron chi connectivity index (χ4n) is 4.39. The van der Waals surface area contributed by atoms with Crippen molar-refractivity contribution in [2.75, 3.05) is 18.2 Å². The van der Waals surface area contributed by atoms with E-state index in [2.05, 4.69) is 36.1 Å². The van der Waals surface area contributed by atoms with Gasteiger partial charge in [-0.3, -0.25) is 10.6 Å². The van der Waals surface area contributed by atoms with Gasteiger partial charge in [-0.1, -0.05) is 69.7 Å². The van der Waals surface area contributed by atoms with Crippen molar-refractivity contribution in [2.24, 2.45) is 17.5 Å².